The standard InChI is InChI=1S/C17H24N2O/c1-16(2)14(17(16,3)4)15(20)19-10-9-12(18)11-7-5-6-8-13(11)19/h5-8,12,14H,9-10,18H2,1-4H3. The molecule has 2 N–H and O–H groups in total. The Bertz CT molecular complexity index is 548. The Morgan fingerprint density at radius 3 is 2.40 bits per heavy atom. The Balaban J connectivity index is 1.94. The zero-order chi connectivity index (χ0) is 14.7. The molecule has 1 unspecified atom stereocenters. The van der Waals surface area contributed by atoms with Gasteiger partial charge in [-0.1, -0.05) is 45.9 Å². The number of hydrogen-bond acceptors (Lipinski definition) is 2. The number of carbonyl (C=O) groups is 1. The molecule has 3 rings (SSSR count). The predicted molar refractivity (Wildman–Crippen MR) is 81.4 cm³/mol. The molecule has 0 radical (unpaired) electrons. The third-order valence-corrected chi connectivity index (χ3v) is 5.82. The number of carbonyl (C=O) groups excluding carboxylic acids is 1. The number of nitrogens with zero attached hydrogens (tertiary/aromatic N) is 1. The summed E-state index contributed by atoms with van der Waals surface area (Å²) in [5.41, 5.74) is 8.44. The monoisotopic (exact) mass is 272 g/mol. The van der Waals surface area contributed by atoms with Gasteiger partial charge in [0.15, 0.2) is 0 Å². The fourth-order valence-corrected chi connectivity index (χ4v) is 3.79. The molecule has 3 heteroatoms. The van der Waals surface area contributed by atoms with E-state index < -0.39 is 0 Å². The van der Waals surface area contributed by atoms with E-state index in [4.69, 9.17) is 5.73 Å². The predicted octanol–water partition coefficient (Wildman–Crippen LogP) is 3.11. The SMILES string of the molecule is CC1(C)C(C(=O)N2CCC(N)c3ccccc32)C1(C)C. The number of amides is 1. The number of hydrogen-bond donors (Lipinski definition) is 1. The molecule has 1 saturated carbocycles. The molecular weight excluding hydrogens is 248 g/mol. The zero-order valence-electron chi connectivity index (χ0n) is 12.8. The van der Waals surface area contributed by atoms with Gasteiger partial charge >= 0.3 is 0 Å². The zero-order valence-corrected chi connectivity index (χ0v) is 12.8. The van der Waals surface area contributed by atoms with Crippen molar-refractivity contribution in [3.63, 3.8) is 0 Å². The summed E-state index contributed by atoms with van der Waals surface area (Å²) in [5, 5.41) is 0. The fourth-order valence-electron chi connectivity index (χ4n) is 3.79. The van der Waals surface area contributed by atoms with E-state index >= 15 is 0 Å². The second-order valence-corrected chi connectivity index (χ2v) is 7.32. The largest absolute Gasteiger partial charge is 0.324 e. The molecule has 1 amide bonds. The average molecular weight is 272 g/mol. The van der Waals surface area contributed by atoms with Crippen LogP contribution in [0.1, 0.15) is 45.7 Å². The summed E-state index contributed by atoms with van der Waals surface area (Å²) in [5.74, 6) is 0.372. The first-order valence-corrected chi connectivity index (χ1v) is 7.44. The highest BCUT2D eigenvalue weighted by Crippen LogP contribution is 2.69. The molecule has 0 spiro atoms. The van der Waals surface area contributed by atoms with E-state index in [0.29, 0.717) is 0 Å². The number of anilines is 1. The number of benzene rings is 1. The smallest absolute Gasteiger partial charge is 0.231 e. The van der Waals surface area contributed by atoms with Crippen LogP contribution in [0, 0.1) is 16.7 Å². The van der Waals surface area contributed by atoms with E-state index in [9.17, 15) is 4.79 Å². The third kappa shape index (κ3) is 1.65. The van der Waals surface area contributed by atoms with Gasteiger partial charge in [-0.3, -0.25) is 4.79 Å². The van der Waals surface area contributed by atoms with Gasteiger partial charge in [0.05, 0.1) is 0 Å². The molecule has 0 saturated heterocycles. The minimum absolute atomic E-state index is 0.0514. The summed E-state index contributed by atoms with van der Waals surface area (Å²) in [6.45, 7) is 9.50. The second-order valence-electron chi connectivity index (χ2n) is 7.32. The van der Waals surface area contributed by atoms with E-state index in [0.717, 1.165) is 24.2 Å². The van der Waals surface area contributed by atoms with Crippen LogP contribution in [-0.2, 0) is 4.79 Å². The van der Waals surface area contributed by atoms with Crippen molar-refractivity contribution in [1.82, 2.24) is 0 Å². The maximum atomic E-state index is 12.9. The van der Waals surface area contributed by atoms with Gasteiger partial charge in [-0.15, -0.1) is 0 Å². The van der Waals surface area contributed by atoms with Gasteiger partial charge in [-0.2, -0.15) is 0 Å². The Labute approximate surface area is 121 Å². The molecule has 108 valence electrons. The van der Waals surface area contributed by atoms with E-state index in [1.165, 1.54) is 0 Å². The van der Waals surface area contributed by atoms with Crippen molar-refractivity contribution in [3.05, 3.63) is 29.8 Å². The van der Waals surface area contributed by atoms with Crippen LogP contribution in [0.3, 0.4) is 0 Å². The van der Waals surface area contributed by atoms with Gasteiger partial charge in [0.2, 0.25) is 5.91 Å². The van der Waals surface area contributed by atoms with Crippen LogP contribution in [-0.4, -0.2) is 12.5 Å². The molecule has 3 nitrogen and oxygen atoms in total. The van der Waals surface area contributed by atoms with Gasteiger partial charge in [-0.05, 0) is 28.9 Å². The number of nitrogens with two attached hydrogens (primary N) is 1. The highest BCUT2D eigenvalue weighted by atomic mass is 16.2. The molecule has 2 aliphatic rings. The van der Waals surface area contributed by atoms with Gasteiger partial charge < -0.3 is 10.6 Å². The van der Waals surface area contributed by atoms with Crippen molar-refractivity contribution in [3.8, 4) is 0 Å². The van der Waals surface area contributed by atoms with Gasteiger partial charge in [0, 0.05) is 24.2 Å². The van der Waals surface area contributed by atoms with Crippen LogP contribution in [0.4, 0.5) is 5.69 Å². The molecule has 1 atom stereocenters. The van der Waals surface area contributed by atoms with Crippen molar-refractivity contribution in [1.29, 1.82) is 0 Å². The van der Waals surface area contributed by atoms with Gasteiger partial charge in [0.1, 0.15) is 0 Å². The van der Waals surface area contributed by atoms with Crippen molar-refractivity contribution in [2.75, 3.05) is 11.4 Å². The Kier molecular flexibility index (Phi) is 2.78. The van der Waals surface area contributed by atoms with E-state index in [2.05, 4.69) is 27.7 Å². The lowest BCUT2D eigenvalue weighted by molar-refractivity contribution is -0.121. The van der Waals surface area contributed by atoms with E-state index in [1.807, 2.05) is 29.2 Å². The maximum absolute atomic E-state index is 12.9. The van der Waals surface area contributed by atoms with Crippen LogP contribution in [0.15, 0.2) is 24.3 Å². The number of para-hydroxylation sites is 1. The average Bonchev–Trinajstić information content (AvgIpc) is 2.80. The summed E-state index contributed by atoms with van der Waals surface area (Å²) in [6, 6.07) is 8.10. The van der Waals surface area contributed by atoms with Crippen LogP contribution in [0.25, 0.3) is 0 Å². The van der Waals surface area contributed by atoms with Crippen LogP contribution < -0.4 is 10.6 Å². The Morgan fingerprint density at radius 2 is 1.80 bits per heavy atom. The van der Waals surface area contributed by atoms with Crippen molar-refractivity contribution < 1.29 is 4.79 Å². The molecule has 1 aliphatic carbocycles. The topological polar surface area (TPSA) is 46.3 Å². The third-order valence-electron chi connectivity index (χ3n) is 5.82. The van der Waals surface area contributed by atoms with Crippen molar-refractivity contribution in [2.45, 2.75) is 40.2 Å². The Morgan fingerprint density at radius 1 is 1.20 bits per heavy atom. The lowest BCUT2D eigenvalue weighted by atomic mass is 9.96. The lowest BCUT2D eigenvalue weighted by Gasteiger charge is -2.33. The molecule has 1 fully saturated rings. The van der Waals surface area contributed by atoms with Gasteiger partial charge in [-0.25, -0.2) is 0 Å². The molecule has 0 aromatic heterocycles. The molecule has 1 heterocycles. The normalized spacial score (nSPS) is 27.1. The highest BCUT2D eigenvalue weighted by molar-refractivity contribution is 5.99. The molecule has 1 aliphatic heterocycles. The van der Waals surface area contributed by atoms with E-state index in [1.54, 1.807) is 0 Å². The molecule has 0 bridgehead atoms. The summed E-state index contributed by atoms with van der Waals surface area (Å²) < 4.78 is 0. The quantitative estimate of drug-likeness (QED) is 0.854. The summed E-state index contributed by atoms with van der Waals surface area (Å²) in [4.78, 5) is 14.9. The summed E-state index contributed by atoms with van der Waals surface area (Å²) in [7, 11) is 0. The minimum atomic E-state index is 0.0514. The van der Waals surface area contributed by atoms with Gasteiger partial charge in [0.25, 0.3) is 0 Å². The summed E-state index contributed by atoms with van der Waals surface area (Å²) >= 11 is 0. The van der Waals surface area contributed by atoms with Crippen LogP contribution >= 0.6 is 0 Å². The molecular formula is C17H24N2O. The Hall–Kier alpha value is -1.35. The lowest BCUT2D eigenvalue weighted by Crippen LogP contribution is -2.40. The first kappa shape index (κ1) is 13.6. The fraction of sp³-hybridized carbons (Fsp3) is 0.588. The van der Waals surface area contributed by atoms with Crippen LogP contribution in [0.5, 0.6) is 0 Å². The van der Waals surface area contributed by atoms with Crippen molar-refractivity contribution in [2.24, 2.45) is 22.5 Å². The van der Waals surface area contributed by atoms with Crippen LogP contribution in [0.2, 0.25) is 0 Å². The van der Waals surface area contributed by atoms with Crippen molar-refractivity contribution >= 4 is 11.6 Å². The highest BCUT2D eigenvalue weighted by Gasteiger charge is 2.69. The minimum Gasteiger partial charge on any atom is -0.324 e. The number of rotatable bonds is 1. The first-order valence-electron chi connectivity index (χ1n) is 7.44. The maximum Gasteiger partial charge on any atom is 0.231 e. The molecule has 1 aromatic carbocycles. The second kappa shape index (κ2) is 4.08. The van der Waals surface area contributed by atoms with E-state index in [-0.39, 0.29) is 28.7 Å². The summed E-state index contributed by atoms with van der Waals surface area (Å²) in [6.07, 6.45) is 0.844. The molecule has 1 aromatic rings. The number of fused-ring (bicyclic) bond motifs is 1. The first-order chi connectivity index (χ1) is 9.28. The molecule has 20 heavy (non-hydrogen) atoms.